The molecule has 3 nitrogen and oxygen atoms in total. The van der Waals surface area contributed by atoms with Crippen molar-refractivity contribution in [3.05, 3.63) is 28.8 Å². The molecule has 1 N–H and O–H groups in total. The van der Waals surface area contributed by atoms with Crippen LogP contribution < -0.4 is 5.32 Å². The van der Waals surface area contributed by atoms with Crippen molar-refractivity contribution in [3.8, 4) is 0 Å². The van der Waals surface area contributed by atoms with Crippen LogP contribution in [0.4, 0.5) is 5.69 Å². The van der Waals surface area contributed by atoms with Gasteiger partial charge in [0.05, 0.1) is 0 Å². The molecule has 1 aromatic rings. The molecule has 0 aliphatic heterocycles. The summed E-state index contributed by atoms with van der Waals surface area (Å²) in [6.45, 7) is 7.59. The molecular formula is C15H20Cl3NO2. The Kier molecular flexibility index (Phi) is 6.64. The van der Waals surface area contributed by atoms with E-state index >= 15 is 0 Å². The molecule has 0 aromatic heterocycles. The van der Waals surface area contributed by atoms with E-state index in [1.165, 1.54) is 5.56 Å². The zero-order valence-electron chi connectivity index (χ0n) is 12.6. The van der Waals surface area contributed by atoms with Gasteiger partial charge in [-0.3, -0.25) is 0 Å². The number of benzene rings is 1. The highest BCUT2D eigenvalue weighted by Gasteiger charge is 2.24. The average molecular weight is 353 g/mol. The minimum absolute atomic E-state index is 0.268. The lowest BCUT2D eigenvalue weighted by molar-refractivity contribution is -0.144. The molecule has 0 saturated heterocycles. The van der Waals surface area contributed by atoms with Gasteiger partial charge in [0.15, 0.2) is 0 Å². The largest absolute Gasteiger partial charge is 0.460 e. The third kappa shape index (κ3) is 5.93. The molecule has 118 valence electrons. The molecule has 1 atom stereocenters. The van der Waals surface area contributed by atoms with Gasteiger partial charge in [-0.15, -0.1) is 0 Å². The van der Waals surface area contributed by atoms with Crippen molar-refractivity contribution in [3.63, 3.8) is 0 Å². The molecule has 21 heavy (non-hydrogen) atoms. The predicted octanol–water partition coefficient (Wildman–Crippen LogP) is 4.58. The standard InChI is InChI=1S/C15H20Cl3NO2/c1-5-12-7-9(2)6-10(3)13(12)19-11(4)14(20)21-8-15(16,17)18/h6-7,11,19H,5,8H2,1-4H3/t11-/m0/s1. The van der Waals surface area contributed by atoms with Gasteiger partial charge in [-0.05, 0) is 38.3 Å². The lowest BCUT2D eigenvalue weighted by Crippen LogP contribution is -2.31. The molecule has 0 spiro atoms. The van der Waals surface area contributed by atoms with Gasteiger partial charge in [0.2, 0.25) is 3.79 Å². The minimum Gasteiger partial charge on any atom is -0.460 e. The molecule has 6 heteroatoms. The third-order valence-electron chi connectivity index (χ3n) is 3.03. The lowest BCUT2D eigenvalue weighted by atomic mass is 10.0. The van der Waals surface area contributed by atoms with E-state index in [4.69, 9.17) is 39.5 Å². The molecule has 0 bridgehead atoms. The number of hydrogen-bond acceptors (Lipinski definition) is 3. The van der Waals surface area contributed by atoms with Gasteiger partial charge in [0.1, 0.15) is 12.6 Å². The monoisotopic (exact) mass is 351 g/mol. The predicted molar refractivity (Wildman–Crippen MR) is 89.6 cm³/mol. The van der Waals surface area contributed by atoms with Crippen molar-refractivity contribution in [2.24, 2.45) is 0 Å². The topological polar surface area (TPSA) is 38.3 Å². The summed E-state index contributed by atoms with van der Waals surface area (Å²) in [5.41, 5.74) is 4.41. The van der Waals surface area contributed by atoms with E-state index in [1.807, 2.05) is 6.92 Å². The number of ether oxygens (including phenoxy) is 1. The Hall–Kier alpha value is -0.640. The van der Waals surface area contributed by atoms with E-state index in [1.54, 1.807) is 6.92 Å². The second kappa shape index (κ2) is 7.57. The number of aryl methyl sites for hydroxylation is 3. The Morgan fingerprint density at radius 3 is 2.48 bits per heavy atom. The van der Waals surface area contributed by atoms with E-state index in [2.05, 4.69) is 31.3 Å². The van der Waals surface area contributed by atoms with Crippen LogP contribution in [-0.2, 0) is 16.0 Å². The zero-order valence-corrected chi connectivity index (χ0v) is 14.9. The first-order valence-corrected chi connectivity index (χ1v) is 7.87. The Balaban J connectivity index is 2.79. The van der Waals surface area contributed by atoms with Crippen LogP contribution in [0.3, 0.4) is 0 Å². The fraction of sp³-hybridized carbons (Fsp3) is 0.533. The number of anilines is 1. The highest BCUT2D eigenvalue weighted by molar-refractivity contribution is 6.67. The molecule has 0 aliphatic rings. The zero-order chi connectivity index (χ0) is 16.2. The van der Waals surface area contributed by atoms with Crippen LogP contribution in [0.2, 0.25) is 0 Å². The fourth-order valence-electron chi connectivity index (χ4n) is 2.09. The first kappa shape index (κ1) is 18.4. The quantitative estimate of drug-likeness (QED) is 0.622. The van der Waals surface area contributed by atoms with Crippen LogP contribution in [0.25, 0.3) is 0 Å². The maximum Gasteiger partial charge on any atom is 0.328 e. The molecule has 0 heterocycles. The summed E-state index contributed by atoms with van der Waals surface area (Å²) in [7, 11) is 0. The Morgan fingerprint density at radius 2 is 1.95 bits per heavy atom. The summed E-state index contributed by atoms with van der Waals surface area (Å²) in [5.74, 6) is -0.455. The molecule has 0 fully saturated rings. The Labute approximate surface area is 140 Å². The summed E-state index contributed by atoms with van der Waals surface area (Å²) < 4.78 is 3.39. The Morgan fingerprint density at radius 1 is 1.33 bits per heavy atom. The van der Waals surface area contributed by atoms with E-state index < -0.39 is 15.8 Å². The third-order valence-corrected chi connectivity index (χ3v) is 3.36. The normalized spacial score (nSPS) is 12.9. The summed E-state index contributed by atoms with van der Waals surface area (Å²) in [6.07, 6.45) is 0.876. The first-order chi connectivity index (χ1) is 9.64. The minimum atomic E-state index is -1.59. The lowest BCUT2D eigenvalue weighted by Gasteiger charge is -2.20. The molecule has 0 radical (unpaired) electrons. The van der Waals surface area contributed by atoms with Gasteiger partial charge < -0.3 is 10.1 Å². The van der Waals surface area contributed by atoms with Crippen LogP contribution in [0.15, 0.2) is 12.1 Å². The molecule has 0 amide bonds. The summed E-state index contributed by atoms with van der Waals surface area (Å²) in [5, 5.41) is 3.19. The van der Waals surface area contributed by atoms with Gasteiger partial charge in [0.25, 0.3) is 0 Å². The number of hydrogen-bond donors (Lipinski definition) is 1. The van der Waals surface area contributed by atoms with E-state index in [0.29, 0.717) is 0 Å². The van der Waals surface area contributed by atoms with Crippen LogP contribution in [0.5, 0.6) is 0 Å². The highest BCUT2D eigenvalue weighted by Crippen LogP contribution is 2.27. The molecule has 0 saturated carbocycles. The Bertz CT molecular complexity index is 512. The first-order valence-electron chi connectivity index (χ1n) is 6.74. The number of nitrogens with one attached hydrogen (secondary N) is 1. The molecule has 1 rings (SSSR count). The van der Waals surface area contributed by atoms with Gasteiger partial charge in [-0.2, -0.15) is 0 Å². The van der Waals surface area contributed by atoms with Gasteiger partial charge in [-0.1, -0.05) is 59.4 Å². The van der Waals surface area contributed by atoms with E-state index in [-0.39, 0.29) is 6.61 Å². The van der Waals surface area contributed by atoms with Crippen molar-refractivity contribution < 1.29 is 9.53 Å². The maximum absolute atomic E-state index is 11.9. The van der Waals surface area contributed by atoms with Crippen molar-refractivity contribution in [2.75, 3.05) is 11.9 Å². The fourth-order valence-corrected chi connectivity index (χ4v) is 2.26. The number of carbonyl (C=O) groups is 1. The summed E-state index contributed by atoms with van der Waals surface area (Å²) in [6, 6.07) is 3.65. The van der Waals surface area contributed by atoms with Crippen molar-refractivity contribution in [1.82, 2.24) is 0 Å². The van der Waals surface area contributed by atoms with Crippen LogP contribution in [-0.4, -0.2) is 22.4 Å². The second-order valence-electron chi connectivity index (χ2n) is 5.06. The van der Waals surface area contributed by atoms with Gasteiger partial charge in [0, 0.05) is 5.69 Å². The molecule has 1 aromatic carbocycles. The number of esters is 1. The summed E-state index contributed by atoms with van der Waals surface area (Å²) >= 11 is 16.7. The number of halogens is 3. The van der Waals surface area contributed by atoms with E-state index in [9.17, 15) is 4.79 Å². The van der Waals surface area contributed by atoms with E-state index in [0.717, 1.165) is 23.2 Å². The molecule has 0 unspecified atom stereocenters. The molecule has 0 aliphatic carbocycles. The van der Waals surface area contributed by atoms with Crippen LogP contribution >= 0.6 is 34.8 Å². The van der Waals surface area contributed by atoms with Crippen molar-refractivity contribution in [2.45, 2.75) is 44.0 Å². The molecular weight excluding hydrogens is 333 g/mol. The number of carbonyl (C=O) groups excluding carboxylic acids is 1. The number of rotatable bonds is 5. The SMILES string of the molecule is CCc1cc(C)cc(C)c1N[C@@H](C)C(=O)OCC(Cl)(Cl)Cl. The second-order valence-corrected chi connectivity index (χ2v) is 7.57. The number of alkyl halides is 3. The smallest absolute Gasteiger partial charge is 0.328 e. The average Bonchev–Trinajstić information content (AvgIpc) is 2.37. The van der Waals surface area contributed by atoms with Gasteiger partial charge in [-0.25, -0.2) is 4.79 Å². The van der Waals surface area contributed by atoms with Crippen molar-refractivity contribution >= 4 is 46.5 Å². The highest BCUT2D eigenvalue weighted by atomic mass is 35.6. The van der Waals surface area contributed by atoms with Crippen LogP contribution in [0.1, 0.15) is 30.5 Å². The summed E-state index contributed by atoms with van der Waals surface area (Å²) in [4.78, 5) is 11.9. The van der Waals surface area contributed by atoms with Crippen LogP contribution in [0, 0.1) is 13.8 Å². The van der Waals surface area contributed by atoms with Crippen molar-refractivity contribution in [1.29, 1.82) is 0 Å². The maximum atomic E-state index is 11.9. The van der Waals surface area contributed by atoms with Gasteiger partial charge >= 0.3 is 5.97 Å².